The minimum Gasteiger partial charge on any atom is -0.155 e. The van der Waals surface area contributed by atoms with E-state index in [0.717, 1.165) is 22.3 Å². The zero-order chi connectivity index (χ0) is 8.55. The van der Waals surface area contributed by atoms with Crippen LogP contribution in [0.3, 0.4) is 0 Å². The van der Waals surface area contributed by atoms with Crippen LogP contribution in [-0.2, 0) is 0 Å². The van der Waals surface area contributed by atoms with E-state index in [1.165, 1.54) is 32.1 Å². The van der Waals surface area contributed by atoms with Crippen molar-refractivity contribution in [2.45, 2.75) is 56.5 Å². The molecule has 1 aliphatic carbocycles. The minimum absolute atomic E-state index is 1.00. The van der Waals surface area contributed by atoms with E-state index in [-0.39, 0.29) is 0 Å². The van der Waals surface area contributed by atoms with Crippen molar-refractivity contribution >= 4 is 11.8 Å². The molecule has 70 valence electrons. The van der Waals surface area contributed by atoms with Crippen LogP contribution in [0.25, 0.3) is 0 Å². The van der Waals surface area contributed by atoms with Crippen molar-refractivity contribution in [3.63, 3.8) is 0 Å². The van der Waals surface area contributed by atoms with E-state index in [0.29, 0.717) is 0 Å². The van der Waals surface area contributed by atoms with Crippen molar-refractivity contribution in [2.24, 2.45) is 11.8 Å². The summed E-state index contributed by atoms with van der Waals surface area (Å²) < 4.78 is 0. The predicted octanol–water partition coefficient (Wildman–Crippen LogP) is 3.71. The Labute approximate surface area is 80.5 Å². The molecular weight excluding hydrogens is 164 g/mol. The van der Waals surface area contributed by atoms with Gasteiger partial charge in [-0.25, -0.2) is 0 Å². The molecule has 0 aromatic heterocycles. The van der Waals surface area contributed by atoms with E-state index in [4.69, 9.17) is 0 Å². The Morgan fingerprint density at radius 1 is 1.17 bits per heavy atom. The molecule has 4 atom stereocenters. The fourth-order valence-corrected chi connectivity index (χ4v) is 5.26. The summed E-state index contributed by atoms with van der Waals surface area (Å²) in [7, 11) is 0. The predicted molar refractivity (Wildman–Crippen MR) is 56.6 cm³/mol. The molecule has 3 unspecified atom stereocenters. The molecule has 0 radical (unpaired) electrons. The lowest BCUT2D eigenvalue weighted by Gasteiger charge is -2.19. The third kappa shape index (κ3) is 1.30. The summed E-state index contributed by atoms with van der Waals surface area (Å²) in [4.78, 5) is 0. The van der Waals surface area contributed by atoms with Crippen molar-refractivity contribution in [1.82, 2.24) is 0 Å². The molecule has 1 heterocycles. The number of hydrogen-bond acceptors (Lipinski definition) is 1. The van der Waals surface area contributed by atoms with Gasteiger partial charge in [0.05, 0.1) is 0 Å². The Hall–Kier alpha value is 0.350. The topological polar surface area (TPSA) is 0 Å². The zero-order valence-corrected chi connectivity index (χ0v) is 9.07. The molecular formula is C11H20S. The molecule has 2 fully saturated rings. The van der Waals surface area contributed by atoms with Gasteiger partial charge in [0.1, 0.15) is 0 Å². The lowest BCUT2D eigenvalue weighted by atomic mass is 9.85. The maximum Gasteiger partial charge on any atom is 0.00812 e. The zero-order valence-electron chi connectivity index (χ0n) is 8.25. The van der Waals surface area contributed by atoms with Crippen LogP contribution >= 0.6 is 11.8 Å². The van der Waals surface area contributed by atoms with Gasteiger partial charge >= 0.3 is 0 Å². The Kier molecular flexibility index (Phi) is 2.69. The molecule has 0 bridgehead atoms. The smallest absolute Gasteiger partial charge is 0.00812 e. The summed E-state index contributed by atoms with van der Waals surface area (Å²) >= 11 is 2.31. The van der Waals surface area contributed by atoms with Crippen LogP contribution in [0.5, 0.6) is 0 Å². The largest absolute Gasteiger partial charge is 0.155 e. The van der Waals surface area contributed by atoms with Crippen LogP contribution in [0.15, 0.2) is 0 Å². The molecule has 0 aromatic rings. The molecule has 0 amide bonds. The number of rotatable bonds is 2. The van der Waals surface area contributed by atoms with Gasteiger partial charge in [0, 0.05) is 10.5 Å². The lowest BCUT2D eigenvalue weighted by Crippen LogP contribution is -2.17. The highest BCUT2D eigenvalue weighted by Crippen LogP contribution is 2.53. The number of thioether (sulfide) groups is 1. The van der Waals surface area contributed by atoms with Gasteiger partial charge in [-0.3, -0.25) is 0 Å². The highest BCUT2D eigenvalue weighted by atomic mass is 32.2. The summed E-state index contributed by atoms with van der Waals surface area (Å²) in [6.07, 6.45) is 7.38. The van der Waals surface area contributed by atoms with E-state index in [1.807, 2.05) is 0 Å². The van der Waals surface area contributed by atoms with Crippen molar-refractivity contribution in [3.05, 3.63) is 0 Å². The highest BCUT2D eigenvalue weighted by molar-refractivity contribution is 8.00. The third-order valence-electron chi connectivity index (χ3n) is 3.75. The summed E-state index contributed by atoms with van der Waals surface area (Å²) in [5.74, 6) is 2.16. The van der Waals surface area contributed by atoms with Crippen LogP contribution in [-0.4, -0.2) is 10.5 Å². The van der Waals surface area contributed by atoms with Crippen LogP contribution in [0.4, 0.5) is 0 Å². The summed E-state index contributed by atoms with van der Waals surface area (Å²) in [6.45, 7) is 4.75. The monoisotopic (exact) mass is 184 g/mol. The van der Waals surface area contributed by atoms with Gasteiger partial charge in [-0.15, -0.1) is 0 Å². The van der Waals surface area contributed by atoms with E-state index in [9.17, 15) is 0 Å². The summed E-state index contributed by atoms with van der Waals surface area (Å²) in [5, 5.41) is 2.06. The van der Waals surface area contributed by atoms with Crippen molar-refractivity contribution in [2.75, 3.05) is 0 Å². The lowest BCUT2D eigenvalue weighted by molar-refractivity contribution is 0.345. The van der Waals surface area contributed by atoms with E-state index < -0.39 is 0 Å². The Bertz CT molecular complexity index is 155. The molecule has 0 spiro atoms. The average molecular weight is 184 g/mol. The average Bonchev–Trinajstić information content (AvgIpc) is 2.61. The second kappa shape index (κ2) is 3.61. The van der Waals surface area contributed by atoms with Gasteiger partial charge in [-0.2, -0.15) is 11.8 Å². The molecule has 1 saturated carbocycles. The van der Waals surface area contributed by atoms with Gasteiger partial charge in [-0.05, 0) is 31.1 Å². The van der Waals surface area contributed by atoms with Gasteiger partial charge in [0.2, 0.25) is 0 Å². The van der Waals surface area contributed by atoms with Crippen LogP contribution in [0.2, 0.25) is 0 Å². The van der Waals surface area contributed by atoms with Gasteiger partial charge < -0.3 is 0 Å². The normalized spacial score (nSPS) is 46.5. The minimum atomic E-state index is 1.00. The molecule has 2 rings (SSSR count). The number of hydrogen-bond donors (Lipinski definition) is 0. The van der Waals surface area contributed by atoms with Crippen LogP contribution in [0, 0.1) is 11.8 Å². The maximum atomic E-state index is 2.38. The molecule has 0 nitrogen and oxygen atoms in total. The van der Waals surface area contributed by atoms with Crippen LogP contribution in [0.1, 0.15) is 46.0 Å². The highest BCUT2D eigenvalue weighted by Gasteiger charge is 2.43. The van der Waals surface area contributed by atoms with Crippen molar-refractivity contribution < 1.29 is 0 Å². The molecule has 1 aliphatic heterocycles. The standard InChI is InChI=1S/C11H20S/c1-3-8-9-6-5-7-11(9)12-10(8)4-2/h8-11H,3-7H2,1-2H3/t8-,9?,10?,11?/m1/s1. The fraction of sp³-hybridized carbons (Fsp3) is 1.00. The first kappa shape index (κ1) is 8.93. The maximum absolute atomic E-state index is 2.38. The van der Waals surface area contributed by atoms with Crippen LogP contribution < -0.4 is 0 Å². The first-order chi connectivity index (χ1) is 5.86. The van der Waals surface area contributed by atoms with Gasteiger partial charge in [0.15, 0.2) is 0 Å². The Balaban J connectivity index is 2.05. The number of fused-ring (bicyclic) bond motifs is 1. The van der Waals surface area contributed by atoms with Gasteiger partial charge in [-0.1, -0.05) is 26.7 Å². The van der Waals surface area contributed by atoms with Crippen molar-refractivity contribution in [3.8, 4) is 0 Å². The molecule has 1 saturated heterocycles. The summed E-state index contributed by atoms with van der Waals surface area (Å²) in [6, 6.07) is 0. The van der Waals surface area contributed by atoms with Gasteiger partial charge in [0.25, 0.3) is 0 Å². The second-order valence-electron chi connectivity index (χ2n) is 4.29. The third-order valence-corrected chi connectivity index (χ3v) is 5.72. The van der Waals surface area contributed by atoms with E-state index in [1.54, 1.807) is 0 Å². The van der Waals surface area contributed by atoms with E-state index >= 15 is 0 Å². The van der Waals surface area contributed by atoms with E-state index in [2.05, 4.69) is 25.6 Å². The SMILES string of the molecule is CCC1SC2CCCC2[C@H]1CC. The first-order valence-corrected chi connectivity index (χ1v) is 6.46. The fourth-order valence-electron chi connectivity index (χ4n) is 3.18. The first-order valence-electron chi connectivity index (χ1n) is 5.52. The quantitative estimate of drug-likeness (QED) is 0.630. The molecule has 2 aliphatic rings. The Morgan fingerprint density at radius 2 is 2.00 bits per heavy atom. The molecule has 1 heteroatoms. The van der Waals surface area contributed by atoms with Crippen molar-refractivity contribution in [1.29, 1.82) is 0 Å². The summed E-state index contributed by atoms with van der Waals surface area (Å²) in [5.41, 5.74) is 0. The molecule has 0 N–H and O–H groups in total. The second-order valence-corrected chi connectivity index (χ2v) is 5.77. The molecule has 12 heavy (non-hydrogen) atoms. The molecule has 0 aromatic carbocycles. The Morgan fingerprint density at radius 3 is 2.67 bits per heavy atom.